The van der Waals surface area contributed by atoms with Gasteiger partial charge < -0.3 is 10.2 Å². The number of fused-ring (bicyclic) bond motifs is 1. The van der Waals surface area contributed by atoms with Crippen molar-refractivity contribution in [1.29, 1.82) is 0 Å². The van der Waals surface area contributed by atoms with Crippen LogP contribution in [0.5, 0.6) is 0 Å². The zero-order chi connectivity index (χ0) is 23.7. The largest absolute Gasteiger partial charge is 0.354 e. The summed E-state index contributed by atoms with van der Waals surface area (Å²) in [6.07, 6.45) is 1.96. The van der Waals surface area contributed by atoms with Crippen LogP contribution in [0.3, 0.4) is 0 Å². The number of aromatic nitrogens is 3. The van der Waals surface area contributed by atoms with Crippen molar-refractivity contribution in [2.75, 3.05) is 13.1 Å². The molecular weight excluding hydrogens is 414 g/mol. The van der Waals surface area contributed by atoms with Crippen LogP contribution < -0.4 is 5.32 Å². The van der Waals surface area contributed by atoms with E-state index >= 15 is 0 Å². The van der Waals surface area contributed by atoms with E-state index in [1.165, 1.54) is 0 Å². The van der Waals surface area contributed by atoms with E-state index in [2.05, 4.69) is 5.32 Å². The molecule has 1 aromatic carbocycles. The van der Waals surface area contributed by atoms with E-state index in [1.807, 2.05) is 74.4 Å². The third-order valence-electron chi connectivity index (χ3n) is 6.50. The molecule has 0 spiro atoms. The summed E-state index contributed by atoms with van der Waals surface area (Å²) in [4.78, 5) is 31.8. The number of nitrogens with one attached hydrogen (secondary N) is 1. The molecule has 4 rings (SSSR count). The zero-order valence-corrected chi connectivity index (χ0v) is 20.2. The highest BCUT2D eigenvalue weighted by Gasteiger charge is 2.30. The Labute approximate surface area is 195 Å². The van der Waals surface area contributed by atoms with Gasteiger partial charge in [0.05, 0.1) is 5.69 Å². The van der Waals surface area contributed by atoms with E-state index in [0.717, 1.165) is 52.4 Å². The van der Waals surface area contributed by atoms with Crippen LogP contribution in [-0.2, 0) is 11.2 Å². The number of rotatable bonds is 6. The van der Waals surface area contributed by atoms with E-state index < -0.39 is 0 Å². The molecule has 0 aliphatic carbocycles. The Hall–Kier alpha value is -3.22. The van der Waals surface area contributed by atoms with Crippen molar-refractivity contribution in [2.45, 2.75) is 65.8 Å². The van der Waals surface area contributed by atoms with Crippen LogP contribution in [0.4, 0.5) is 0 Å². The van der Waals surface area contributed by atoms with Gasteiger partial charge >= 0.3 is 0 Å². The Kier molecular flexibility index (Phi) is 6.49. The average molecular weight is 448 g/mol. The maximum atomic E-state index is 13.0. The number of likely N-dealkylation sites (tertiary alicyclic amines) is 1. The lowest BCUT2D eigenvalue weighted by atomic mass is 10.1. The summed E-state index contributed by atoms with van der Waals surface area (Å²) in [6.45, 7) is 11.3. The van der Waals surface area contributed by atoms with Gasteiger partial charge in [-0.05, 0) is 64.7 Å². The maximum Gasteiger partial charge on any atom is 0.254 e. The summed E-state index contributed by atoms with van der Waals surface area (Å²) >= 11 is 0. The van der Waals surface area contributed by atoms with Gasteiger partial charge in [0.1, 0.15) is 0 Å². The summed E-state index contributed by atoms with van der Waals surface area (Å²) in [6, 6.07) is 9.92. The molecule has 1 saturated heterocycles. The zero-order valence-electron chi connectivity index (χ0n) is 20.2. The molecule has 7 nitrogen and oxygen atoms in total. The summed E-state index contributed by atoms with van der Waals surface area (Å²) < 4.78 is 1.89. The molecule has 1 atom stereocenters. The summed E-state index contributed by atoms with van der Waals surface area (Å²) in [5, 5.41) is 7.82. The molecule has 33 heavy (non-hydrogen) atoms. The van der Waals surface area contributed by atoms with Crippen molar-refractivity contribution in [3.05, 3.63) is 64.1 Å². The molecule has 174 valence electrons. The molecule has 2 aromatic heterocycles. The topological polar surface area (TPSA) is 79.6 Å². The number of amides is 2. The molecule has 1 fully saturated rings. The summed E-state index contributed by atoms with van der Waals surface area (Å²) in [5.74, 6) is 0.334. The minimum atomic E-state index is 0.0504. The number of carbonyl (C=O) groups excluding carboxylic acids is 2. The Balaban J connectivity index is 1.51. The molecular formula is C26H33N5O2. The number of carbonyl (C=O) groups is 2. The van der Waals surface area contributed by atoms with Gasteiger partial charge in [-0.1, -0.05) is 18.2 Å². The van der Waals surface area contributed by atoms with Gasteiger partial charge in [-0.2, -0.15) is 5.10 Å². The van der Waals surface area contributed by atoms with E-state index in [1.54, 1.807) is 0 Å². The first-order valence-corrected chi connectivity index (χ1v) is 11.7. The number of nitrogens with zero attached hydrogens (tertiary/aromatic N) is 4. The lowest BCUT2D eigenvalue weighted by Crippen LogP contribution is -2.30. The number of aryl methyl sites for hydroxylation is 3. The Morgan fingerprint density at radius 3 is 2.67 bits per heavy atom. The van der Waals surface area contributed by atoms with Crippen molar-refractivity contribution in [3.63, 3.8) is 0 Å². The van der Waals surface area contributed by atoms with Crippen LogP contribution in [0.15, 0.2) is 30.3 Å². The van der Waals surface area contributed by atoms with Crippen molar-refractivity contribution >= 4 is 17.5 Å². The van der Waals surface area contributed by atoms with Gasteiger partial charge in [-0.15, -0.1) is 0 Å². The highest BCUT2D eigenvalue weighted by atomic mass is 16.2. The van der Waals surface area contributed by atoms with Gasteiger partial charge in [0, 0.05) is 54.5 Å². The molecule has 1 aliphatic rings. The molecule has 7 heteroatoms. The predicted octanol–water partition coefficient (Wildman–Crippen LogP) is 3.74. The molecule has 1 aliphatic heterocycles. The minimum Gasteiger partial charge on any atom is -0.354 e. The fraction of sp³-hybridized carbons (Fsp3) is 0.462. The average Bonchev–Trinajstić information content (AvgIpc) is 3.40. The van der Waals surface area contributed by atoms with E-state index in [4.69, 9.17) is 10.1 Å². The molecule has 0 bridgehead atoms. The van der Waals surface area contributed by atoms with Gasteiger partial charge in [0.25, 0.3) is 5.91 Å². The minimum absolute atomic E-state index is 0.0504. The smallest absolute Gasteiger partial charge is 0.254 e. The second-order valence-electron chi connectivity index (χ2n) is 9.37. The molecule has 1 N–H and O–H groups in total. The van der Waals surface area contributed by atoms with E-state index in [-0.39, 0.29) is 23.8 Å². The Morgan fingerprint density at radius 2 is 1.94 bits per heavy atom. The highest BCUT2D eigenvalue weighted by molar-refractivity contribution is 5.95. The van der Waals surface area contributed by atoms with Crippen molar-refractivity contribution in [2.24, 2.45) is 0 Å². The van der Waals surface area contributed by atoms with Gasteiger partial charge in [-0.3, -0.25) is 9.59 Å². The molecule has 0 saturated carbocycles. The maximum absolute atomic E-state index is 13.0. The number of hydrogen-bond acceptors (Lipinski definition) is 4. The normalized spacial score (nSPS) is 16.1. The first kappa shape index (κ1) is 23.0. The van der Waals surface area contributed by atoms with Crippen molar-refractivity contribution < 1.29 is 9.59 Å². The number of hydrogen-bond donors (Lipinski definition) is 1. The van der Waals surface area contributed by atoms with Crippen molar-refractivity contribution in [1.82, 2.24) is 24.8 Å². The quantitative estimate of drug-likeness (QED) is 0.624. The fourth-order valence-corrected chi connectivity index (χ4v) is 4.71. The highest BCUT2D eigenvalue weighted by Crippen LogP contribution is 2.29. The van der Waals surface area contributed by atoms with E-state index in [9.17, 15) is 9.59 Å². The van der Waals surface area contributed by atoms with Crippen LogP contribution in [-0.4, -0.2) is 50.4 Å². The second-order valence-corrected chi connectivity index (χ2v) is 9.37. The Morgan fingerprint density at radius 1 is 1.18 bits per heavy atom. The first-order valence-electron chi connectivity index (χ1n) is 11.7. The van der Waals surface area contributed by atoms with Gasteiger partial charge in [-0.25, -0.2) is 9.50 Å². The Bertz CT molecular complexity index is 1200. The van der Waals surface area contributed by atoms with Crippen LogP contribution in [0.25, 0.3) is 5.65 Å². The molecule has 0 unspecified atom stereocenters. The van der Waals surface area contributed by atoms with Gasteiger partial charge in [0.2, 0.25) is 5.91 Å². The predicted molar refractivity (Wildman–Crippen MR) is 129 cm³/mol. The van der Waals surface area contributed by atoms with Crippen LogP contribution >= 0.6 is 0 Å². The SMILES string of the molecule is Cc1ccccc1C(=O)N1CC[C@@H](c2cc3nc(C)c(CCC(=O)NC(C)C)c(C)n3n2)C1. The van der Waals surface area contributed by atoms with Crippen LogP contribution in [0, 0.1) is 20.8 Å². The second kappa shape index (κ2) is 9.33. The lowest BCUT2D eigenvalue weighted by Gasteiger charge is -2.17. The third-order valence-corrected chi connectivity index (χ3v) is 6.50. The van der Waals surface area contributed by atoms with E-state index in [0.29, 0.717) is 19.4 Å². The summed E-state index contributed by atoms with van der Waals surface area (Å²) in [5.41, 5.74) is 6.59. The molecule has 2 amide bonds. The monoisotopic (exact) mass is 447 g/mol. The molecule has 0 radical (unpaired) electrons. The van der Waals surface area contributed by atoms with Gasteiger partial charge in [0.15, 0.2) is 5.65 Å². The standard InChI is InChI=1S/C26H33N5O2/c1-16(2)27-25(32)11-10-22-18(4)28-24-14-23(29-31(24)19(22)5)20-12-13-30(15-20)26(33)21-9-7-6-8-17(21)3/h6-9,14,16,20H,10-13,15H2,1-5H3,(H,27,32)/t20-/m1/s1. The van der Waals surface area contributed by atoms with Crippen LogP contribution in [0.1, 0.15) is 71.2 Å². The molecule has 3 aromatic rings. The first-order chi connectivity index (χ1) is 15.7. The fourth-order valence-electron chi connectivity index (χ4n) is 4.71. The number of benzene rings is 1. The molecule has 3 heterocycles. The third kappa shape index (κ3) is 4.77. The summed E-state index contributed by atoms with van der Waals surface area (Å²) in [7, 11) is 0. The van der Waals surface area contributed by atoms with Crippen LogP contribution in [0.2, 0.25) is 0 Å². The van der Waals surface area contributed by atoms with Crippen molar-refractivity contribution in [3.8, 4) is 0 Å². The lowest BCUT2D eigenvalue weighted by molar-refractivity contribution is -0.121.